The van der Waals surface area contributed by atoms with Crippen LogP contribution >= 0.6 is 0 Å². The molecule has 0 heterocycles. The molecule has 0 bridgehead atoms. The molecule has 0 aromatic heterocycles. The number of nitrogen functional groups attached to an aromatic ring is 1. The Kier molecular flexibility index (Phi) is 3.67. The SMILES string of the molecule is CC(C(=O)NC1CCCC1)c1cccc(N)c1. The van der Waals surface area contributed by atoms with Crippen molar-refractivity contribution in [2.24, 2.45) is 0 Å². The van der Waals surface area contributed by atoms with Gasteiger partial charge in [-0.3, -0.25) is 4.79 Å². The zero-order valence-corrected chi connectivity index (χ0v) is 10.3. The third-order valence-electron chi connectivity index (χ3n) is 3.51. The largest absolute Gasteiger partial charge is 0.399 e. The van der Waals surface area contributed by atoms with Crippen LogP contribution in [0.1, 0.15) is 44.1 Å². The number of benzene rings is 1. The second kappa shape index (κ2) is 5.21. The van der Waals surface area contributed by atoms with Crippen LogP contribution in [0.4, 0.5) is 5.69 Å². The van der Waals surface area contributed by atoms with Gasteiger partial charge in [0.15, 0.2) is 0 Å². The summed E-state index contributed by atoms with van der Waals surface area (Å²) < 4.78 is 0. The van der Waals surface area contributed by atoms with Gasteiger partial charge in [-0.25, -0.2) is 0 Å². The summed E-state index contributed by atoms with van der Waals surface area (Å²) in [7, 11) is 0. The van der Waals surface area contributed by atoms with Crippen molar-refractivity contribution in [2.45, 2.75) is 44.6 Å². The van der Waals surface area contributed by atoms with E-state index in [4.69, 9.17) is 5.73 Å². The van der Waals surface area contributed by atoms with Gasteiger partial charge in [-0.05, 0) is 37.5 Å². The van der Waals surface area contributed by atoms with Gasteiger partial charge in [0.2, 0.25) is 5.91 Å². The molecule has 3 nitrogen and oxygen atoms in total. The second-order valence-corrected chi connectivity index (χ2v) is 4.88. The molecule has 1 saturated carbocycles. The molecule has 0 saturated heterocycles. The molecule has 17 heavy (non-hydrogen) atoms. The highest BCUT2D eigenvalue weighted by Crippen LogP contribution is 2.21. The number of hydrogen-bond donors (Lipinski definition) is 2. The van der Waals surface area contributed by atoms with E-state index in [2.05, 4.69) is 5.32 Å². The molecule has 3 N–H and O–H groups in total. The lowest BCUT2D eigenvalue weighted by atomic mass is 9.99. The van der Waals surface area contributed by atoms with Crippen LogP contribution in [0.3, 0.4) is 0 Å². The summed E-state index contributed by atoms with van der Waals surface area (Å²) in [6, 6.07) is 7.94. The standard InChI is InChI=1S/C14H20N2O/c1-10(11-5-4-6-12(15)9-11)14(17)16-13-7-2-3-8-13/h4-6,9-10,13H,2-3,7-8,15H2,1H3,(H,16,17). The van der Waals surface area contributed by atoms with Crippen LogP contribution in [0.25, 0.3) is 0 Å². The number of amides is 1. The van der Waals surface area contributed by atoms with Gasteiger partial charge in [0.1, 0.15) is 0 Å². The maximum Gasteiger partial charge on any atom is 0.227 e. The number of rotatable bonds is 3. The van der Waals surface area contributed by atoms with Crippen molar-refractivity contribution in [3.8, 4) is 0 Å². The molecule has 1 aliphatic carbocycles. The van der Waals surface area contributed by atoms with Gasteiger partial charge in [0, 0.05) is 11.7 Å². The number of nitrogens with one attached hydrogen (secondary N) is 1. The number of nitrogens with two attached hydrogens (primary N) is 1. The smallest absolute Gasteiger partial charge is 0.227 e. The first-order valence-corrected chi connectivity index (χ1v) is 6.32. The maximum absolute atomic E-state index is 12.1. The average molecular weight is 232 g/mol. The minimum atomic E-state index is -0.126. The monoisotopic (exact) mass is 232 g/mol. The van der Waals surface area contributed by atoms with Crippen molar-refractivity contribution in [3.63, 3.8) is 0 Å². The highest BCUT2D eigenvalue weighted by Gasteiger charge is 2.21. The van der Waals surface area contributed by atoms with E-state index in [9.17, 15) is 4.79 Å². The van der Waals surface area contributed by atoms with Crippen molar-refractivity contribution in [1.82, 2.24) is 5.32 Å². The van der Waals surface area contributed by atoms with E-state index < -0.39 is 0 Å². The zero-order valence-electron chi connectivity index (χ0n) is 10.3. The van der Waals surface area contributed by atoms with Crippen LogP contribution in [0.5, 0.6) is 0 Å². The molecule has 1 aliphatic rings. The van der Waals surface area contributed by atoms with Crippen LogP contribution in [-0.4, -0.2) is 11.9 Å². The van der Waals surface area contributed by atoms with Crippen molar-refractivity contribution < 1.29 is 4.79 Å². The quantitative estimate of drug-likeness (QED) is 0.786. The van der Waals surface area contributed by atoms with Crippen molar-refractivity contribution in [1.29, 1.82) is 0 Å². The Morgan fingerprint density at radius 2 is 2.12 bits per heavy atom. The molecule has 1 unspecified atom stereocenters. The van der Waals surface area contributed by atoms with Gasteiger partial charge < -0.3 is 11.1 Å². The van der Waals surface area contributed by atoms with Gasteiger partial charge in [-0.15, -0.1) is 0 Å². The van der Waals surface area contributed by atoms with Crippen LogP contribution in [-0.2, 0) is 4.79 Å². The lowest BCUT2D eigenvalue weighted by molar-refractivity contribution is -0.122. The molecule has 1 aromatic carbocycles. The first-order valence-electron chi connectivity index (χ1n) is 6.32. The average Bonchev–Trinajstić information content (AvgIpc) is 2.80. The summed E-state index contributed by atoms with van der Waals surface area (Å²) in [5.74, 6) is -0.0124. The van der Waals surface area contributed by atoms with Gasteiger partial charge in [-0.1, -0.05) is 25.0 Å². The highest BCUT2D eigenvalue weighted by molar-refractivity contribution is 5.83. The molecular weight excluding hydrogens is 212 g/mol. The van der Waals surface area contributed by atoms with Crippen LogP contribution in [0.15, 0.2) is 24.3 Å². The molecule has 3 heteroatoms. The van der Waals surface area contributed by atoms with E-state index in [1.54, 1.807) is 0 Å². The Morgan fingerprint density at radius 3 is 2.76 bits per heavy atom. The van der Waals surface area contributed by atoms with E-state index in [0.717, 1.165) is 18.4 Å². The first kappa shape index (κ1) is 12.0. The zero-order chi connectivity index (χ0) is 12.3. The summed E-state index contributed by atoms with van der Waals surface area (Å²) in [6.07, 6.45) is 4.71. The number of carbonyl (C=O) groups is 1. The minimum absolute atomic E-state index is 0.113. The lowest BCUT2D eigenvalue weighted by Gasteiger charge is -2.17. The summed E-state index contributed by atoms with van der Waals surface area (Å²) in [4.78, 5) is 12.1. The van der Waals surface area contributed by atoms with E-state index in [0.29, 0.717) is 11.7 Å². The Bertz CT molecular complexity index is 397. The van der Waals surface area contributed by atoms with Crippen LogP contribution < -0.4 is 11.1 Å². The van der Waals surface area contributed by atoms with Crippen molar-refractivity contribution in [2.75, 3.05) is 5.73 Å². The predicted molar refractivity (Wildman–Crippen MR) is 69.7 cm³/mol. The number of anilines is 1. The van der Waals surface area contributed by atoms with E-state index in [1.165, 1.54) is 12.8 Å². The number of carbonyl (C=O) groups excluding carboxylic acids is 1. The fourth-order valence-corrected chi connectivity index (χ4v) is 2.38. The fraction of sp³-hybridized carbons (Fsp3) is 0.500. The molecule has 0 aliphatic heterocycles. The fourth-order valence-electron chi connectivity index (χ4n) is 2.38. The summed E-state index contributed by atoms with van der Waals surface area (Å²) in [5.41, 5.74) is 7.43. The Morgan fingerprint density at radius 1 is 1.41 bits per heavy atom. The van der Waals surface area contributed by atoms with Gasteiger partial charge >= 0.3 is 0 Å². The lowest BCUT2D eigenvalue weighted by Crippen LogP contribution is -2.35. The van der Waals surface area contributed by atoms with Crippen LogP contribution in [0, 0.1) is 0 Å². The second-order valence-electron chi connectivity index (χ2n) is 4.88. The third kappa shape index (κ3) is 2.99. The molecule has 1 amide bonds. The Balaban J connectivity index is 1.98. The highest BCUT2D eigenvalue weighted by atomic mass is 16.1. The first-order chi connectivity index (χ1) is 8.16. The molecule has 0 radical (unpaired) electrons. The number of hydrogen-bond acceptors (Lipinski definition) is 2. The molecule has 1 atom stereocenters. The van der Waals surface area contributed by atoms with Gasteiger partial charge in [0.25, 0.3) is 0 Å². The topological polar surface area (TPSA) is 55.1 Å². The molecule has 0 spiro atoms. The third-order valence-corrected chi connectivity index (χ3v) is 3.51. The molecule has 1 aromatic rings. The summed E-state index contributed by atoms with van der Waals surface area (Å²) >= 11 is 0. The van der Waals surface area contributed by atoms with E-state index in [-0.39, 0.29) is 11.8 Å². The summed E-state index contributed by atoms with van der Waals surface area (Å²) in [6.45, 7) is 1.93. The normalized spacial score (nSPS) is 17.9. The molecule has 1 fully saturated rings. The van der Waals surface area contributed by atoms with Crippen molar-refractivity contribution >= 4 is 11.6 Å². The Labute approximate surface area is 102 Å². The van der Waals surface area contributed by atoms with Gasteiger partial charge in [0.05, 0.1) is 5.92 Å². The van der Waals surface area contributed by atoms with Gasteiger partial charge in [-0.2, -0.15) is 0 Å². The predicted octanol–water partition coefficient (Wildman–Crippen LogP) is 2.43. The molecule has 92 valence electrons. The summed E-state index contributed by atoms with van der Waals surface area (Å²) in [5, 5.41) is 3.12. The van der Waals surface area contributed by atoms with Crippen LogP contribution in [0.2, 0.25) is 0 Å². The maximum atomic E-state index is 12.1. The van der Waals surface area contributed by atoms with Crippen molar-refractivity contribution in [3.05, 3.63) is 29.8 Å². The van der Waals surface area contributed by atoms with E-state index >= 15 is 0 Å². The van der Waals surface area contributed by atoms with E-state index in [1.807, 2.05) is 31.2 Å². The molecular formula is C14H20N2O. The molecule has 2 rings (SSSR count). The Hall–Kier alpha value is -1.51. The minimum Gasteiger partial charge on any atom is -0.399 e.